The summed E-state index contributed by atoms with van der Waals surface area (Å²) in [5.41, 5.74) is 15.9. The monoisotopic (exact) mass is 486 g/mol. The number of nitrogens with two attached hydrogens (primary N) is 3. The molecule has 0 saturated heterocycles. The number of primary amides is 2. The van der Waals surface area contributed by atoms with Gasteiger partial charge in [0.15, 0.2) is 0 Å². The highest BCUT2D eigenvalue weighted by Gasteiger charge is 2.31. The molecule has 0 aliphatic heterocycles. The smallest absolute Gasteiger partial charge is 0.326 e. The first-order valence-electron chi connectivity index (χ1n) is 11.1. The van der Waals surface area contributed by atoms with E-state index in [0.717, 1.165) is 0 Å². The van der Waals surface area contributed by atoms with Gasteiger partial charge < -0.3 is 38.3 Å². The lowest BCUT2D eigenvalue weighted by molar-refractivity contribution is -0.143. The lowest BCUT2D eigenvalue weighted by Gasteiger charge is -2.26. The summed E-state index contributed by atoms with van der Waals surface area (Å²) in [6, 6.07) is -4.63. The Morgan fingerprint density at radius 1 is 0.735 bits per heavy atom. The van der Waals surface area contributed by atoms with Crippen molar-refractivity contribution in [1.82, 2.24) is 16.0 Å². The molecule has 194 valence electrons. The Labute approximate surface area is 198 Å². The van der Waals surface area contributed by atoms with E-state index >= 15 is 0 Å². The van der Waals surface area contributed by atoms with E-state index in [1.165, 1.54) is 0 Å². The lowest BCUT2D eigenvalue weighted by Crippen LogP contribution is -2.58. The second-order valence-electron chi connectivity index (χ2n) is 8.94. The molecule has 0 aromatic carbocycles. The van der Waals surface area contributed by atoms with Crippen LogP contribution in [0.3, 0.4) is 0 Å². The molecule has 10 N–H and O–H groups in total. The summed E-state index contributed by atoms with van der Waals surface area (Å²) in [4.78, 5) is 71.7. The molecule has 0 heterocycles. The van der Waals surface area contributed by atoms with Crippen molar-refractivity contribution in [3.63, 3.8) is 0 Å². The molecule has 0 bridgehead atoms. The average molecular weight is 487 g/mol. The van der Waals surface area contributed by atoms with Crippen LogP contribution in [-0.4, -0.2) is 64.8 Å². The number of nitrogens with one attached hydrogen (secondary N) is 3. The number of amides is 5. The molecule has 0 fully saturated rings. The molecule has 0 saturated carbocycles. The third-order valence-corrected chi connectivity index (χ3v) is 4.92. The maximum absolute atomic E-state index is 12.9. The molecule has 0 radical (unpaired) electrons. The molecule has 5 amide bonds. The summed E-state index contributed by atoms with van der Waals surface area (Å²) in [5, 5.41) is 16.7. The maximum Gasteiger partial charge on any atom is 0.326 e. The van der Waals surface area contributed by atoms with Gasteiger partial charge in [-0.3, -0.25) is 24.0 Å². The van der Waals surface area contributed by atoms with Gasteiger partial charge in [-0.2, -0.15) is 0 Å². The van der Waals surface area contributed by atoms with Crippen LogP contribution in [0.1, 0.15) is 59.8 Å². The van der Waals surface area contributed by atoms with Gasteiger partial charge in [0.1, 0.15) is 18.1 Å². The van der Waals surface area contributed by atoms with Crippen LogP contribution < -0.4 is 33.2 Å². The fourth-order valence-corrected chi connectivity index (χ4v) is 3.01. The van der Waals surface area contributed by atoms with E-state index in [9.17, 15) is 33.9 Å². The first-order chi connectivity index (χ1) is 15.6. The summed E-state index contributed by atoms with van der Waals surface area (Å²) < 4.78 is 0. The van der Waals surface area contributed by atoms with Crippen molar-refractivity contribution in [2.45, 2.75) is 84.0 Å². The average Bonchev–Trinajstić information content (AvgIpc) is 2.70. The molecule has 0 aromatic rings. The summed E-state index contributed by atoms with van der Waals surface area (Å²) in [6.45, 7) is 6.89. The van der Waals surface area contributed by atoms with Crippen LogP contribution in [0.5, 0.6) is 0 Å². The second kappa shape index (κ2) is 14.8. The zero-order chi connectivity index (χ0) is 26.6. The normalized spacial score (nSPS) is 14.6. The Hall–Kier alpha value is -3.22. The molecule has 13 heteroatoms. The number of carbonyl (C=O) groups is 6. The van der Waals surface area contributed by atoms with E-state index in [4.69, 9.17) is 17.2 Å². The molecular formula is C21H38N6O7. The first-order valence-corrected chi connectivity index (χ1v) is 11.1. The minimum Gasteiger partial charge on any atom is -0.480 e. The molecule has 0 aliphatic carbocycles. The van der Waals surface area contributed by atoms with Gasteiger partial charge >= 0.3 is 5.97 Å². The van der Waals surface area contributed by atoms with Gasteiger partial charge in [0.05, 0.1) is 6.04 Å². The molecule has 0 aromatic heterocycles. The van der Waals surface area contributed by atoms with Gasteiger partial charge in [-0.15, -0.1) is 0 Å². The Bertz CT molecular complexity index is 756. The summed E-state index contributed by atoms with van der Waals surface area (Å²) in [7, 11) is 0. The summed E-state index contributed by atoms with van der Waals surface area (Å²) in [6.07, 6.45) is -0.379. The predicted octanol–water partition coefficient (Wildman–Crippen LogP) is -1.91. The van der Waals surface area contributed by atoms with Gasteiger partial charge in [0.2, 0.25) is 29.5 Å². The number of carbonyl (C=O) groups excluding carboxylic acids is 5. The van der Waals surface area contributed by atoms with Gasteiger partial charge in [-0.1, -0.05) is 27.7 Å². The highest BCUT2D eigenvalue weighted by Crippen LogP contribution is 2.09. The van der Waals surface area contributed by atoms with Crippen molar-refractivity contribution in [1.29, 1.82) is 0 Å². The zero-order valence-corrected chi connectivity index (χ0v) is 20.1. The molecule has 0 rings (SSSR count). The van der Waals surface area contributed by atoms with Crippen molar-refractivity contribution in [3.8, 4) is 0 Å². The summed E-state index contributed by atoms with van der Waals surface area (Å²) in [5.74, 6) is -5.22. The number of aliphatic carboxylic acids is 1. The standard InChI is InChI=1S/C21H38N6O7/c1-10(2)9-14(20(32)27-17(11(3)4)21(33)34)26-19(31)13(6-8-16(24)29)25-18(30)12(22)5-7-15(23)28/h10-14,17H,5-9,22H2,1-4H3,(H2,23,28)(H2,24,29)(H,25,30)(H,26,31)(H,27,32)(H,33,34). The SMILES string of the molecule is CC(C)CC(NC(=O)C(CCC(N)=O)NC(=O)C(N)CCC(N)=O)C(=O)NC(C(=O)O)C(C)C. The van der Waals surface area contributed by atoms with Crippen molar-refractivity contribution >= 4 is 35.5 Å². The molecule has 4 atom stereocenters. The fraction of sp³-hybridized carbons (Fsp3) is 0.714. The third kappa shape index (κ3) is 12.1. The number of rotatable bonds is 16. The molecular weight excluding hydrogens is 448 g/mol. The number of hydrogen-bond acceptors (Lipinski definition) is 7. The summed E-state index contributed by atoms with van der Waals surface area (Å²) >= 11 is 0. The van der Waals surface area contributed by atoms with Crippen LogP contribution in [-0.2, 0) is 28.8 Å². The van der Waals surface area contributed by atoms with Crippen LogP contribution in [0.15, 0.2) is 0 Å². The molecule has 34 heavy (non-hydrogen) atoms. The number of hydrogen-bond donors (Lipinski definition) is 7. The van der Waals surface area contributed by atoms with E-state index in [-0.39, 0.29) is 38.0 Å². The highest BCUT2D eigenvalue weighted by molar-refractivity contribution is 5.94. The van der Waals surface area contributed by atoms with Crippen LogP contribution in [0.2, 0.25) is 0 Å². The molecule has 4 unspecified atom stereocenters. The van der Waals surface area contributed by atoms with Crippen LogP contribution >= 0.6 is 0 Å². The van der Waals surface area contributed by atoms with E-state index in [1.807, 2.05) is 13.8 Å². The van der Waals surface area contributed by atoms with Crippen LogP contribution in [0.4, 0.5) is 0 Å². The zero-order valence-electron chi connectivity index (χ0n) is 20.1. The molecule has 0 spiro atoms. The fourth-order valence-electron chi connectivity index (χ4n) is 3.01. The van der Waals surface area contributed by atoms with E-state index in [1.54, 1.807) is 13.8 Å². The van der Waals surface area contributed by atoms with Gasteiger partial charge in [0.25, 0.3) is 0 Å². The van der Waals surface area contributed by atoms with Gasteiger partial charge in [0, 0.05) is 12.8 Å². The number of carboxylic acid groups (broad SMARTS) is 1. The van der Waals surface area contributed by atoms with E-state index < -0.39 is 65.6 Å². The van der Waals surface area contributed by atoms with Gasteiger partial charge in [-0.25, -0.2) is 4.79 Å². The largest absolute Gasteiger partial charge is 0.480 e. The Morgan fingerprint density at radius 2 is 1.21 bits per heavy atom. The van der Waals surface area contributed by atoms with Crippen LogP contribution in [0, 0.1) is 11.8 Å². The Morgan fingerprint density at radius 3 is 1.65 bits per heavy atom. The van der Waals surface area contributed by atoms with Crippen molar-refractivity contribution in [3.05, 3.63) is 0 Å². The first kappa shape index (κ1) is 30.8. The number of carboxylic acids is 1. The molecule has 0 aliphatic rings. The minimum atomic E-state index is -1.25. The van der Waals surface area contributed by atoms with E-state index in [2.05, 4.69) is 16.0 Å². The lowest BCUT2D eigenvalue weighted by atomic mass is 9.99. The highest BCUT2D eigenvalue weighted by atomic mass is 16.4. The quantitative estimate of drug-likeness (QED) is 0.129. The van der Waals surface area contributed by atoms with Gasteiger partial charge in [-0.05, 0) is 31.1 Å². The second-order valence-corrected chi connectivity index (χ2v) is 8.94. The predicted molar refractivity (Wildman–Crippen MR) is 123 cm³/mol. The molecule has 13 nitrogen and oxygen atoms in total. The van der Waals surface area contributed by atoms with Crippen molar-refractivity contribution < 1.29 is 33.9 Å². The minimum absolute atomic E-state index is 0.0424. The van der Waals surface area contributed by atoms with Crippen LogP contribution in [0.25, 0.3) is 0 Å². The van der Waals surface area contributed by atoms with E-state index in [0.29, 0.717) is 0 Å². The Balaban J connectivity index is 5.54. The maximum atomic E-state index is 12.9. The topological polar surface area (TPSA) is 237 Å². The Kier molecular flexibility index (Phi) is 13.4. The van der Waals surface area contributed by atoms with Crippen molar-refractivity contribution in [2.24, 2.45) is 29.0 Å². The van der Waals surface area contributed by atoms with Crippen molar-refractivity contribution in [2.75, 3.05) is 0 Å². The third-order valence-electron chi connectivity index (χ3n) is 4.92.